The van der Waals surface area contributed by atoms with Gasteiger partial charge >= 0.3 is 0 Å². The fourth-order valence-electron chi connectivity index (χ4n) is 2.64. The summed E-state index contributed by atoms with van der Waals surface area (Å²) in [5, 5.41) is 9.67. The highest BCUT2D eigenvalue weighted by molar-refractivity contribution is 5.91. The van der Waals surface area contributed by atoms with Gasteiger partial charge in [0.25, 0.3) is 0 Å². The van der Waals surface area contributed by atoms with Crippen LogP contribution in [0, 0.1) is 6.92 Å². The van der Waals surface area contributed by atoms with E-state index in [2.05, 4.69) is 46.7 Å². The minimum absolute atomic E-state index is 0.0151. The van der Waals surface area contributed by atoms with Crippen molar-refractivity contribution in [1.82, 2.24) is 10.2 Å². The van der Waals surface area contributed by atoms with Crippen LogP contribution in [0.4, 0.5) is 5.69 Å². The van der Waals surface area contributed by atoms with Crippen LogP contribution in [0.5, 0.6) is 5.75 Å². The number of benzene rings is 2. The number of nitrogens with zero attached hydrogens (tertiary/aromatic N) is 1. The zero-order valence-corrected chi connectivity index (χ0v) is 14.4. The zero-order valence-electron chi connectivity index (χ0n) is 14.4. The first-order valence-electron chi connectivity index (χ1n) is 8.18. The SMILES string of the molecule is COc1cc(NC(=O)CCc2ccc(C)cc2)ccc1-c1cn[nH]c1. The Morgan fingerprint density at radius 2 is 2.00 bits per heavy atom. The van der Waals surface area contributed by atoms with Crippen LogP contribution in [0.15, 0.2) is 54.9 Å². The largest absolute Gasteiger partial charge is 0.496 e. The van der Waals surface area contributed by atoms with Crippen molar-refractivity contribution in [3.8, 4) is 16.9 Å². The first-order valence-corrected chi connectivity index (χ1v) is 8.18. The minimum Gasteiger partial charge on any atom is -0.496 e. The highest BCUT2D eigenvalue weighted by Gasteiger charge is 2.10. The predicted octanol–water partition coefficient (Wildman–Crippen LogP) is 3.97. The fraction of sp³-hybridized carbons (Fsp3) is 0.200. The summed E-state index contributed by atoms with van der Waals surface area (Å²) in [4.78, 5) is 12.2. The third-order valence-electron chi connectivity index (χ3n) is 4.06. The van der Waals surface area contributed by atoms with E-state index in [1.54, 1.807) is 19.5 Å². The van der Waals surface area contributed by atoms with Crippen molar-refractivity contribution in [2.24, 2.45) is 0 Å². The molecule has 0 saturated carbocycles. The van der Waals surface area contributed by atoms with Gasteiger partial charge in [-0.15, -0.1) is 0 Å². The maximum Gasteiger partial charge on any atom is 0.224 e. The third kappa shape index (κ3) is 4.26. The van der Waals surface area contributed by atoms with Crippen molar-refractivity contribution in [2.45, 2.75) is 19.8 Å². The maximum atomic E-state index is 12.2. The molecule has 1 amide bonds. The van der Waals surface area contributed by atoms with Gasteiger partial charge in [-0.2, -0.15) is 5.10 Å². The van der Waals surface area contributed by atoms with Crippen molar-refractivity contribution < 1.29 is 9.53 Å². The van der Waals surface area contributed by atoms with Gasteiger partial charge in [0.2, 0.25) is 5.91 Å². The molecule has 0 unspecified atom stereocenters. The standard InChI is InChI=1S/C20H21N3O2/c1-14-3-5-15(6-4-14)7-10-20(24)23-17-8-9-18(19(11-17)25-2)16-12-21-22-13-16/h3-6,8-9,11-13H,7,10H2,1-2H3,(H,21,22)(H,23,24). The van der Waals surface area contributed by atoms with Gasteiger partial charge in [0.1, 0.15) is 5.75 Å². The van der Waals surface area contributed by atoms with E-state index in [-0.39, 0.29) is 5.91 Å². The number of aromatic amines is 1. The average molecular weight is 335 g/mol. The minimum atomic E-state index is -0.0151. The first kappa shape index (κ1) is 16.8. The molecule has 0 saturated heterocycles. The van der Waals surface area contributed by atoms with Crippen molar-refractivity contribution >= 4 is 11.6 Å². The second-order valence-electron chi connectivity index (χ2n) is 5.94. The first-order chi connectivity index (χ1) is 12.2. The van der Waals surface area contributed by atoms with E-state index >= 15 is 0 Å². The van der Waals surface area contributed by atoms with Crippen molar-refractivity contribution in [3.63, 3.8) is 0 Å². The van der Waals surface area contributed by atoms with E-state index in [0.717, 1.165) is 28.8 Å². The van der Waals surface area contributed by atoms with E-state index in [4.69, 9.17) is 4.74 Å². The Bertz CT molecular complexity index is 840. The molecule has 0 spiro atoms. The number of hydrogen-bond donors (Lipinski definition) is 2. The lowest BCUT2D eigenvalue weighted by molar-refractivity contribution is -0.116. The summed E-state index contributed by atoms with van der Waals surface area (Å²) in [5.41, 5.74) is 4.97. The van der Waals surface area contributed by atoms with Crippen LogP contribution in [0.25, 0.3) is 11.1 Å². The van der Waals surface area contributed by atoms with Crippen LogP contribution >= 0.6 is 0 Å². The fourth-order valence-corrected chi connectivity index (χ4v) is 2.64. The molecule has 5 nitrogen and oxygen atoms in total. The Kier molecular flexibility index (Phi) is 5.14. The Morgan fingerprint density at radius 3 is 2.68 bits per heavy atom. The molecule has 0 aliphatic carbocycles. The number of aryl methyl sites for hydroxylation is 2. The second-order valence-corrected chi connectivity index (χ2v) is 5.94. The monoisotopic (exact) mass is 335 g/mol. The number of anilines is 1. The summed E-state index contributed by atoms with van der Waals surface area (Å²) < 4.78 is 5.44. The topological polar surface area (TPSA) is 67.0 Å². The van der Waals surface area contributed by atoms with Crippen LogP contribution in [0.2, 0.25) is 0 Å². The number of hydrogen-bond acceptors (Lipinski definition) is 3. The summed E-state index contributed by atoms with van der Waals surface area (Å²) in [5.74, 6) is 0.677. The molecule has 2 N–H and O–H groups in total. The lowest BCUT2D eigenvalue weighted by atomic mass is 10.1. The summed E-state index contributed by atoms with van der Waals surface area (Å²) in [7, 11) is 1.61. The molecule has 0 fully saturated rings. The molecule has 0 atom stereocenters. The molecule has 128 valence electrons. The van der Waals surface area contributed by atoms with E-state index in [1.807, 2.05) is 18.2 Å². The number of rotatable bonds is 6. The molecule has 1 aromatic heterocycles. The molecule has 0 radical (unpaired) electrons. The molecule has 1 heterocycles. The summed E-state index contributed by atoms with van der Waals surface area (Å²) in [6.45, 7) is 2.05. The average Bonchev–Trinajstić information content (AvgIpc) is 3.15. The van der Waals surface area contributed by atoms with Crippen molar-refractivity contribution in [1.29, 1.82) is 0 Å². The van der Waals surface area contributed by atoms with Gasteiger partial charge in [-0.25, -0.2) is 0 Å². The Morgan fingerprint density at radius 1 is 1.20 bits per heavy atom. The van der Waals surface area contributed by atoms with Crippen molar-refractivity contribution in [3.05, 3.63) is 66.0 Å². The van der Waals surface area contributed by atoms with Gasteiger partial charge in [-0.05, 0) is 31.0 Å². The number of methoxy groups -OCH3 is 1. The summed E-state index contributed by atoms with van der Waals surface area (Å²) in [6.07, 6.45) is 4.70. The predicted molar refractivity (Wildman–Crippen MR) is 98.7 cm³/mol. The number of ether oxygens (including phenoxy) is 1. The van der Waals surface area contributed by atoms with Crippen molar-refractivity contribution in [2.75, 3.05) is 12.4 Å². The van der Waals surface area contributed by atoms with Gasteiger partial charge in [0.15, 0.2) is 0 Å². The van der Waals surface area contributed by atoms with Gasteiger partial charge < -0.3 is 10.1 Å². The molecule has 3 aromatic rings. The molecule has 0 aliphatic rings. The number of H-pyrrole nitrogens is 1. The normalized spacial score (nSPS) is 10.5. The molecule has 2 aromatic carbocycles. The molecule has 0 bridgehead atoms. The van der Waals surface area contributed by atoms with E-state index < -0.39 is 0 Å². The summed E-state index contributed by atoms with van der Waals surface area (Å²) >= 11 is 0. The van der Waals surface area contributed by atoms with Gasteiger partial charge in [-0.3, -0.25) is 9.89 Å². The molecular formula is C20H21N3O2. The molecule has 0 aliphatic heterocycles. The third-order valence-corrected chi connectivity index (χ3v) is 4.06. The van der Waals surface area contributed by atoms with Crippen LogP contribution in [0.1, 0.15) is 17.5 Å². The van der Waals surface area contributed by atoms with Crippen LogP contribution < -0.4 is 10.1 Å². The zero-order chi connectivity index (χ0) is 17.6. The molecular weight excluding hydrogens is 314 g/mol. The van der Waals surface area contributed by atoms with Crippen LogP contribution in [-0.2, 0) is 11.2 Å². The lowest BCUT2D eigenvalue weighted by Crippen LogP contribution is -2.12. The number of aromatic nitrogens is 2. The van der Waals surface area contributed by atoms with Gasteiger partial charge in [-0.1, -0.05) is 29.8 Å². The molecule has 5 heteroatoms. The highest BCUT2D eigenvalue weighted by Crippen LogP contribution is 2.31. The van der Waals surface area contributed by atoms with Gasteiger partial charge in [0, 0.05) is 35.5 Å². The highest BCUT2D eigenvalue weighted by atomic mass is 16.5. The van der Waals surface area contributed by atoms with E-state index in [1.165, 1.54) is 5.56 Å². The summed E-state index contributed by atoms with van der Waals surface area (Å²) in [6, 6.07) is 13.9. The number of nitrogens with one attached hydrogen (secondary N) is 2. The quantitative estimate of drug-likeness (QED) is 0.716. The van der Waals surface area contributed by atoms with Crippen LogP contribution in [0.3, 0.4) is 0 Å². The smallest absolute Gasteiger partial charge is 0.224 e. The molecule has 25 heavy (non-hydrogen) atoms. The number of carbonyl (C=O) groups excluding carboxylic acids is 1. The molecule has 3 rings (SSSR count). The van der Waals surface area contributed by atoms with E-state index in [0.29, 0.717) is 12.2 Å². The Hall–Kier alpha value is -3.08. The lowest BCUT2D eigenvalue weighted by Gasteiger charge is -2.11. The Balaban J connectivity index is 1.64. The second kappa shape index (κ2) is 7.66. The maximum absolute atomic E-state index is 12.2. The van der Waals surface area contributed by atoms with E-state index in [9.17, 15) is 4.79 Å². The number of amides is 1. The Labute approximate surface area is 147 Å². The van der Waals surface area contributed by atoms with Crippen LogP contribution in [-0.4, -0.2) is 23.2 Å². The number of carbonyl (C=O) groups is 1. The van der Waals surface area contributed by atoms with Gasteiger partial charge in [0.05, 0.1) is 13.3 Å².